The van der Waals surface area contributed by atoms with Crippen molar-refractivity contribution < 1.29 is 14.6 Å². The van der Waals surface area contributed by atoms with Crippen molar-refractivity contribution in [1.82, 2.24) is 5.43 Å². The van der Waals surface area contributed by atoms with E-state index in [0.717, 1.165) is 4.47 Å². The molecule has 22 heavy (non-hydrogen) atoms. The molecule has 2 aromatic rings. The smallest absolute Gasteiger partial charge is 0.271 e. The lowest BCUT2D eigenvalue weighted by Gasteiger charge is -2.04. The maximum absolute atomic E-state index is 12.0. The van der Waals surface area contributed by atoms with E-state index in [2.05, 4.69) is 26.5 Å². The van der Waals surface area contributed by atoms with Gasteiger partial charge in [-0.15, -0.1) is 0 Å². The molecule has 0 bridgehead atoms. The fourth-order valence-corrected chi connectivity index (χ4v) is 3.22. The fourth-order valence-electron chi connectivity index (χ4n) is 1.67. The highest BCUT2D eigenvalue weighted by molar-refractivity contribution is 14.1. The van der Waals surface area contributed by atoms with Crippen LogP contribution in [-0.4, -0.2) is 24.3 Å². The molecular weight excluding hydrogens is 463 g/mol. The number of phenolic OH excluding ortho intramolecular Hbond substituents is 1. The predicted molar refractivity (Wildman–Crippen MR) is 96.6 cm³/mol. The summed E-state index contributed by atoms with van der Waals surface area (Å²) in [7, 11) is 1.53. The standard InChI is InChI=1S/C15H12BrIN2O3/c1-22-12-4-2-3-9(6-12)15(21)19-18-8-10-5-11(16)7-13(17)14(10)20/h2-8,20H,1H3,(H,19,21)/b18-8-. The van der Waals surface area contributed by atoms with E-state index in [9.17, 15) is 9.90 Å². The molecule has 0 unspecified atom stereocenters. The molecular formula is C15H12BrIN2O3. The van der Waals surface area contributed by atoms with Crippen LogP contribution in [0, 0.1) is 3.57 Å². The molecule has 0 aliphatic heterocycles. The molecule has 1 amide bonds. The van der Waals surface area contributed by atoms with Crippen LogP contribution in [0.4, 0.5) is 0 Å². The number of rotatable bonds is 4. The summed E-state index contributed by atoms with van der Waals surface area (Å²) in [5.41, 5.74) is 3.35. The maximum Gasteiger partial charge on any atom is 0.271 e. The van der Waals surface area contributed by atoms with E-state index in [1.807, 2.05) is 22.6 Å². The first kappa shape index (κ1) is 16.8. The highest BCUT2D eigenvalue weighted by Crippen LogP contribution is 2.27. The monoisotopic (exact) mass is 474 g/mol. The van der Waals surface area contributed by atoms with Gasteiger partial charge in [0.2, 0.25) is 0 Å². The largest absolute Gasteiger partial charge is 0.506 e. The van der Waals surface area contributed by atoms with Gasteiger partial charge in [-0.2, -0.15) is 5.10 Å². The third kappa shape index (κ3) is 4.20. The SMILES string of the molecule is COc1cccc(C(=O)N/N=C\c2cc(Br)cc(I)c2O)c1. The summed E-state index contributed by atoms with van der Waals surface area (Å²) in [6.07, 6.45) is 1.39. The minimum absolute atomic E-state index is 0.114. The molecule has 5 nitrogen and oxygen atoms in total. The van der Waals surface area contributed by atoms with E-state index >= 15 is 0 Å². The number of halogens is 2. The minimum Gasteiger partial charge on any atom is -0.506 e. The Bertz CT molecular complexity index is 735. The average molecular weight is 475 g/mol. The maximum atomic E-state index is 12.0. The molecule has 0 fully saturated rings. The zero-order valence-electron chi connectivity index (χ0n) is 11.5. The highest BCUT2D eigenvalue weighted by atomic mass is 127. The third-order valence-corrected chi connectivity index (χ3v) is 4.04. The van der Waals surface area contributed by atoms with Crippen molar-refractivity contribution in [3.63, 3.8) is 0 Å². The number of nitrogens with one attached hydrogen (secondary N) is 1. The number of hydrogen-bond acceptors (Lipinski definition) is 4. The first-order valence-corrected chi connectivity index (χ1v) is 8.04. The van der Waals surface area contributed by atoms with Gasteiger partial charge in [-0.25, -0.2) is 5.43 Å². The van der Waals surface area contributed by atoms with Crippen LogP contribution >= 0.6 is 38.5 Å². The van der Waals surface area contributed by atoms with Crippen LogP contribution in [0.25, 0.3) is 0 Å². The summed E-state index contributed by atoms with van der Waals surface area (Å²) >= 11 is 5.36. The fraction of sp³-hybridized carbons (Fsp3) is 0.0667. The van der Waals surface area contributed by atoms with Gasteiger partial charge in [0.05, 0.1) is 16.9 Å². The Hall–Kier alpha value is -1.61. The number of ether oxygens (including phenoxy) is 1. The number of phenols is 1. The molecule has 0 aliphatic carbocycles. The molecule has 114 valence electrons. The molecule has 0 spiro atoms. The second-order valence-electron chi connectivity index (χ2n) is 4.26. The lowest BCUT2D eigenvalue weighted by atomic mass is 10.2. The Labute approximate surface area is 149 Å². The van der Waals surface area contributed by atoms with Gasteiger partial charge in [0.25, 0.3) is 5.91 Å². The lowest BCUT2D eigenvalue weighted by Crippen LogP contribution is -2.17. The van der Waals surface area contributed by atoms with Crippen molar-refractivity contribution in [2.24, 2.45) is 5.10 Å². The number of nitrogens with zero attached hydrogens (tertiary/aromatic N) is 1. The van der Waals surface area contributed by atoms with Crippen LogP contribution in [0.1, 0.15) is 15.9 Å². The van der Waals surface area contributed by atoms with Crippen LogP contribution in [0.3, 0.4) is 0 Å². The number of carbonyl (C=O) groups is 1. The predicted octanol–water partition coefficient (Wildman–Crippen LogP) is 3.53. The van der Waals surface area contributed by atoms with Crippen molar-refractivity contribution in [1.29, 1.82) is 0 Å². The van der Waals surface area contributed by atoms with Crippen molar-refractivity contribution in [2.75, 3.05) is 7.11 Å². The molecule has 0 radical (unpaired) electrons. The molecule has 2 N–H and O–H groups in total. The highest BCUT2D eigenvalue weighted by Gasteiger charge is 2.07. The molecule has 2 rings (SSSR count). The number of methoxy groups -OCH3 is 1. The van der Waals surface area contributed by atoms with Crippen molar-refractivity contribution in [2.45, 2.75) is 0 Å². The normalized spacial score (nSPS) is 10.7. The number of amides is 1. The van der Waals surface area contributed by atoms with Gasteiger partial charge in [0, 0.05) is 15.6 Å². The summed E-state index contributed by atoms with van der Waals surface area (Å²) in [5.74, 6) is 0.346. The second kappa shape index (κ2) is 7.59. The number of aromatic hydroxyl groups is 1. The van der Waals surface area contributed by atoms with Crippen LogP contribution < -0.4 is 10.2 Å². The minimum atomic E-state index is -0.362. The first-order valence-electron chi connectivity index (χ1n) is 6.16. The Balaban J connectivity index is 2.10. The molecule has 0 saturated heterocycles. The van der Waals surface area contributed by atoms with Gasteiger partial charge in [-0.3, -0.25) is 4.79 Å². The summed E-state index contributed by atoms with van der Waals surface area (Å²) in [6.45, 7) is 0. The van der Waals surface area contributed by atoms with Crippen molar-refractivity contribution in [3.8, 4) is 11.5 Å². The van der Waals surface area contributed by atoms with E-state index < -0.39 is 0 Å². The van der Waals surface area contributed by atoms with Crippen LogP contribution in [0.2, 0.25) is 0 Å². The van der Waals surface area contributed by atoms with E-state index in [0.29, 0.717) is 20.4 Å². The topological polar surface area (TPSA) is 70.9 Å². The summed E-state index contributed by atoms with van der Waals surface area (Å²) in [5, 5.41) is 13.8. The van der Waals surface area contributed by atoms with E-state index in [1.54, 1.807) is 36.4 Å². The molecule has 0 saturated carbocycles. The van der Waals surface area contributed by atoms with Crippen LogP contribution in [0.5, 0.6) is 11.5 Å². The van der Waals surface area contributed by atoms with E-state index in [4.69, 9.17) is 4.74 Å². The van der Waals surface area contributed by atoms with Gasteiger partial charge in [-0.05, 0) is 52.9 Å². The summed E-state index contributed by atoms with van der Waals surface area (Å²) in [6, 6.07) is 10.2. The van der Waals surface area contributed by atoms with E-state index in [1.165, 1.54) is 13.3 Å². The van der Waals surface area contributed by atoms with Gasteiger partial charge >= 0.3 is 0 Å². The summed E-state index contributed by atoms with van der Waals surface area (Å²) < 4.78 is 6.57. The molecule has 0 atom stereocenters. The third-order valence-electron chi connectivity index (χ3n) is 2.76. The van der Waals surface area contributed by atoms with Gasteiger partial charge in [0.15, 0.2) is 0 Å². The Morgan fingerprint density at radius 2 is 2.18 bits per heavy atom. The number of hydrogen-bond donors (Lipinski definition) is 2. The Morgan fingerprint density at radius 1 is 1.41 bits per heavy atom. The summed E-state index contributed by atoms with van der Waals surface area (Å²) in [4.78, 5) is 12.0. The number of hydrazone groups is 1. The van der Waals surface area contributed by atoms with Crippen molar-refractivity contribution in [3.05, 3.63) is 55.6 Å². The lowest BCUT2D eigenvalue weighted by molar-refractivity contribution is 0.0954. The first-order chi connectivity index (χ1) is 10.5. The molecule has 7 heteroatoms. The zero-order chi connectivity index (χ0) is 16.1. The van der Waals surface area contributed by atoms with Gasteiger partial charge in [-0.1, -0.05) is 22.0 Å². The number of carbonyl (C=O) groups excluding carboxylic acids is 1. The second-order valence-corrected chi connectivity index (χ2v) is 6.33. The average Bonchev–Trinajstić information content (AvgIpc) is 2.51. The molecule has 0 heterocycles. The molecule has 2 aromatic carbocycles. The Kier molecular flexibility index (Phi) is 5.78. The van der Waals surface area contributed by atoms with Crippen molar-refractivity contribution >= 4 is 50.6 Å². The van der Waals surface area contributed by atoms with Crippen LogP contribution in [-0.2, 0) is 0 Å². The molecule has 0 aromatic heterocycles. The Morgan fingerprint density at radius 3 is 2.91 bits per heavy atom. The quantitative estimate of drug-likeness (QED) is 0.404. The van der Waals surface area contributed by atoms with E-state index in [-0.39, 0.29) is 11.7 Å². The van der Waals surface area contributed by atoms with Gasteiger partial charge < -0.3 is 9.84 Å². The van der Waals surface area contributed by atoms with Crippen LogP contribution in [0.15, 0.2) is 46.0 Å². The number of benzene rings is 2. The molecule has 0 aliphatic rings. The van der Waals surface area contributed by atoms with Gasteiger partial charge in [0.1, 0.15) is 11.5 Å². The zero-order valence-corrected chi connectivity index (χ0v) is 15.3.